The van der Waals surface area contributed by atoms with E-state index in [9.17, 15) is 14.4 Å². The molecule has 6 rings (SSSR count). The lowest BCUT2D eigenvalue weighted by atomic mass is 9.86. The van der Waals surface area contributed by atoms with Crippen molar-refractivity contribution in [1.29, 1.82) is 0 Å². The number of hydrogen-bond acceptors (Lipinski definition) is 4. The lowest BCUT2D eigenvalue weighted by Gasteiger charge is -2.36. The highest BCUT2D eigenvalue weighted by molar-refractivity contribution is 6.11. The van der Waals surface area contributed by atoms with Crippen LogP contribution in [0.2, 0.25) is 0 Å². The predicted octanol–water partition coefficient (Wildman–Crippen LogP) is 4.40. The molecule has 2 saturated heterocycles. The highest BCUT2D eigenvalue weighted by Gasteiger charge is 2.60. The van der Waals surface area contributed by atoms with E-state index in [2.05, 4.69) is 45.5 Å². The molecule has 2 N–H and O–H groups in total. The van der Waals surface area contributed by atoms with Gasteiger partial charge in [-0.05, 0) is 55.7 Å². The molecule has 0 bridgehead atoms. The van der Waals surface area contributed by atoms with Crippen molar-refractivity contribution in [3.8, 4) is 0 Å². The normalized spacial score (nSPS) is 22.6. The van der Waals surface area contributed by atoms with Crippen LogP contribution in [0.4, 0.5) is 4.79 Å². The summed E-state index contributed by atoms with van der Waals surface area (Å²) in [4.78, 5) is 50.6. The third kappa shape index (κ3) is 4.48. The molecule has 0 aliphatic carbocycles. The SMILES string of the molecule is CC(C)C[C@@H](C(=O)NC1CCN(Cc2ccccc2)CC1)N1C(=O)N2CCc3c([nH]c4ccccc34)[C@@]2(C)C1=O. The van der Waals surface area contributed by atoms with E-state index in [0.717, 1.165) is 54.6 Å². The van der Waals surface area contributed by atoms with Crippen LogP contribution >= 0.6 is 0 Å². The average molecular weight is 542 g/mol. The van der Waals surface area contributed by atoms with Crippen LogP contribution in [0.15, 0.2) is 54.6 Å². The van der Waals surface area contributed by atoms with Gasteiger partial charge in [0.05, 0.1) is 5.69 Å². The second-order valence-electron chi connectivity index (χ2n) is 12.1. The third-order valence-corrected chi connectivity index (χ3v) is 8.99. The number of aromatic nitrogens is 1. The zero-order valence-electron chi connectivity index (χ0n) is 23.7. The van der Waals surface area contributed by atoms with Gasteiger partial charge in [0.1, 0.15) is 6.04 Å². The van der Waals surface area contributed by atoms with Crippen LogP contribution < -0.4 is 5.32 Å². The van der Waals surface area contributed by atoms with E-state index < -0.39 is 11.6 Å². The van der Waals surface area contributed by atoms with Gasteiger partial charge in [0.2, 0.25) is 5.91 Å². The number of nitrogens with zero attached hydrogens (tertiary/aromatic N) is 3. The molecule has 2 fully saturated rings. The van der Waals surface area contributed by atoms with Crippen molar-refractivity contribution in [3.05, 3.63) is 71.4 Å². The first-order chi connectivity index (χ1) is 19.3. The molecule has 3 aliphatic heterocycles. The number of hydrogen-bond donors (Lipinski definition) is 2. The van der Waals surface area contributed by atoms with Gasteiger partial charge in [-0.15, -0.1) is 0 Å². The highest BCUT2D eigenvalue weighted by atomic mass is 16.2. The van der Waals surface area contributed by atoms with Crippen LogP contribution in [0.1, 0.15) is 56.9 Å². The van der Waals surface area contributed by atoms with Crippen molar-refractivity contribution in [2.45, 2.75) is 70.6 Å². The number of nitrogens with one attached hydrogen (secondary N) is 2. The van der Waals surface area contributed by atoms with Crippen molar-refractivity contribution < 1.29 is 14.4 Å². The van der Waals surface area contributed by atoms with Gasteiger partial charge < -0.3 is 15.2 Å². The first-order valence-corrected chi connectivity index (χ1v) is 14.6. The average Bonchev–Trinajstić information content (AvgIpc) is 3.42. The number of amides is 4. The summed E-state index contributed by atoms with van der Waals surface area (Å²) in [5, 5.41) is 4.31. The van der Waals surface area contributed by atoms with Crippen LogP contribution in [0, 0.1) is 5.92 Å². The zero-order valence-corrected chi connectivity index (χ0v) is 23.7. The number of para-hydroxylation sites is 1. The van der Waals surface area contributed by atoms with Gasteiger partial charge in [0.15, 0.2) is 5.54 Å². The van der Waals surface area contributed by atoms with E-state index in [4.69, 9.17) is 0 Å². The second-order valence-corrected chi connectivity index (χ2v) is 12.1. The van der Waals surface area contributed by atoms with Gasteiger partial charge in [-0.3, -0.25) is 14.5 Å². The summed E-state index contributed by atoms with van der Waals surface area (Å²) in [6.45, 7) is 9.02. The van der Waals surface area contributed by atoms with Gasteiger partial charge >= 0.3 is 6.03 Å². The number of benzene rings is 2. The molecule has 0 spiro atoms. The molecule has 1 aromatic heterocycles. The minimum Gasteiger partial charge on any atom is -0.356 e. The summed E-state index contributed by atoms with van der Waals surface area (Å²) in [5.41, 5.74) is 2.96. The predicted molar refractivity (Wildman–Crippen MR) is 154 cm³/mol. The van der Waals surface area contributed by atoms with E-state index in [1.165, 1.54) is 10.5 Å². The zero-order chi connectivity index (χ0) is 28.0. The molecule has 4 amide bonds. The van der Waals surface area contributed by atoms with Crippen LogP contribution in [0.3, 0.4) is 0 Å². The lowest BCUT2D eigenvalue weighted by Crippen LogP contribution is -2.54. The molecule has 0 radical (unpaired) electrons. The van der Waals surface area contributed by atoms with Crippen LogP contribution in [-0.4, -0.2) is 69.2 Å². The van der Waals surface area contributed by atoms with E-state index in [1.54, 1.807) is 4.90 Å². The fourth-order valence-corrected chi connectivity index (χ4v) is 6.84. The van der Waals surface area contributed by atoms with Gasteiger partial charge in [-0.1, -0.05) is 62.4 Å². The molecule has 210 valence electrons. The molecule has 0 saturated carbocycles. The van der Waals surface area contributed by atoms with Crippen LogP contribution in [-0.2, 0) is 28.1 Å². The number of urea groups is 1. The Morgan fingerprint density at radius 3 is 2.45 bits per heavy atom. The van der Waals surface area contributed by atoms with E-state index >= 15 is 0 Å². The summed E-state index contributed by atoms with van der Waals surface area (Å²) in [7, 11) is 0. The number of carbonyl (C=O) groups excluding carboxylic acids is 3. The number of H-pyrrole nitrogens is 1. The Bertz CT molecular complexity index is 1420. The Balaban J connectivity index is 1.20. The molecule has 8 heteroatoms. The summed E-state index contributed by atoms with van der Waals surface area (Å²) in [5.74, 6) is -0.404. The standard InChI is InChI=1S/C32H39N5O3/c1-21(2)19-27(29(38)33-23-13-16-35(17-14-23)20-22-9-5-4-6-10-22)37-30(39)32(3)28-25(15-18-36(32)31(37)40)24-11-7-8-12-26(24)34-28/h4-12,21,23,27,34H,13-20H2,1-3H3,(H,33,38)/t27-,32-/m0/s1. The molecule has 8 nitrogen and oxygen atoms in total. The van der Waals surface area contributed by atoms with E-state index in [1.807, 2.05) is 45.0 Å². The summed E-state index contributed by atoms with van der Waals surface area (Å²) < 4.78 is 0. The van der Waals surface area contributed by atoms with Crippen LogP contribution in [0.25, 0.3) is 10.9 Å². The Morgan fingerprint density at radius 1 is 1.02 bits per heavy atom. The Hall–Kier alpha value is -3.65. The minimum absolute atomic E-state index is 0.0282. The number of fused-ring (bicyclic) bond motifs is 5. The number of rotatable bonds is 7. The second kappa shape index (κ2) is 10.4. The number of carbonyl (C=O) groups is 3. The maximum atomic E-state index is 14.2. The van der Waals surface area contributed by atoms with Gasteiger partial charge in [0, 0.05) is 43.1 Å². The number of likely N-dealkylation sites (tertiary alicyclic amines) is 1. The third-order valence-electron chi connectivity index (χ3n) is 8.99. The fraction of sp³-hybridized carbons (Fsp3) is 0.469. The van der Waals surface area contributed by atoms with Gasteiger partial charge in [-0.25, -0.2) is 9.69 Å². The van der Waals surface area contributed by atoms with Crippen molar-refractivity contribution in [3.63, 3.8) is 0 Å². The molecule has 3 aromatic rings. The lowest BCUT2D eigenvalue weighted by molar-refractivity contribution is -0.140. The van der Waals surface area contributed by atoms with Crippen molar-refractivity contribution in [2.24, 2.45) is 5.92 Å². The summed E-state index contributed by atoms with van der Waals surface area (Å²) >= 11 is 0. The topological polar surface area (TPSA) is 88.8 Å². The fourth-order valence-electron chi connectivity index (χ4n) is 6.84. The first-order valence-electron chi connectivity index (χ1n) is 14.6. The molecule has 0 unspecified atom stereocenters. The Morgan fingerprint density at radius 2 is 1.73 bits per heavy atom. The van der Waals surface area contributed by atoms with Gasteiger partial charge in [-0.2, -0.15) is 0 Å². The first kappa shape index (κ1) is 26.6. The molecular weight excluding hydrogens is 502 g/mol. The monoisotopic (exact) mass is 541 g/mol. The Labute approximate surface area is 235 Å². The number of piperidine rings is 1. The minimum atomic E-state index is -1.15. The smallest absolute Gasteiger partial charge is 0.328 e. The quantitative estimate of drug-likeness (QED) is 0.434. The van der Waals surface area contributed by atoms with E-state index in [-0.39, 0.29) is 29.8 Å². The van der Waals surface area contributed by atoms with Crippen molar-refractivity contribution in [2.75, 3.05) is 19.6 Å². The molecule has 2 atom stereocenters. The molecule has 3 aliphatic rings. The van der Waals surface area contributed by atoms with Crippen molar-refractivity contribution >= 4 is 28.7 Å². The van der Waals surface area contributed by atoms with E-state index in [0.29, 0.717) is 19.4 Å². The largest absolute Gasteiger partial charge is 0.356 e. The number of aromatic amines is 1. The maximum absolute atomic E-state index is 14.2. The molecule has 4 heterocycles. The molecule has 2 aromatic carbocycles. The van der Waals surface area contributed by atoms with Crippen LogP contribution in [0.5, 0.6) is 0 Å². The summed E-state index contributed by atoms with van der Waals surface area (Å²) in [6, 6.07) is 17.3. The molecule has 40 heavy (non-hydrogen) atoms. The Kier molecular flexibility index (Phi) is 6.90. The highest BCUT2D eigenvalue weighted by Crippen LogP contribution is 2.45. The number of imide groups is 1. The summed E-state index contributed by atoms with van der Waals surface area (Å²) in [6.07, 6.45) is 2.79. The van der Waals surface area contributed by atoms with Gasteiger partial charge in [0.25, 0.3) is 5.91 Å². The maximum Gasteiger partial charge on any atom is 0.328 e. The molecular formula is C32H39N5O3. The van der Waals surface area contributed by atoms with Crippen molar-refractivity contribution in [1.82, 2.24) is 25.0 Å².